The van der Waals surface area contributed by atoms with Crippen molar-refractivity contribution in [3.63, 3.8) is 0 Å². The fraction of sp³-hybridized carbons (Fsp3) is 0.435. The standard InChI is InChI=1S/C23H32N2S/c1-6-17(5)19-8-10-20(11-9-19)22(7-2)25-23(26)24-21-14-12-18(13-15-21)16(3)4/h8-17,22H,6-7H2,1-5H3,(H2,24,25,26). The summed E-state index contributed by atoms with van der Waals surface area (Å²) in [4.78, 5) is 0. The highest BCUT2D eigenvalue weighted by molar-refractivity contribution is 7.80. The van der Waals surface area contributed by atoms with Gasteiger partial charge in [0.15, 0.2) is 5.11 Å². The SMILES string of the molecule is CCC(C)c1ccc(C(CC)NC(=S)Nc2ccc(C(C)C)cc2)cc1. The Morgan fingerprint density at radius 1 is 0.808 bits per heavy atom. The first-order chi connectivity index (χ1) is 12.4. The second-order valence-electron chi connectivity index (χ2n) is 7.31. The summed E-state index contributed by atoms with van der Waals surface area (Å²) in [5.74, 6) is 1.14. The van der Waals surface area contributed by atoms with E-state index in [9.17, 15) is 0 Å². The lowest BCUT2D eigenvalue weighted by molar-refractivity contribution is 0.628. The molecule has 2 nitrogen and oxygen atoms in total. The predicted molar refractivity (Wildman–Crippen MR) is 118 cm³/mol. The Labute approximate surface area is 164 Å². The zero-order valence-electron chi connectivity index (χ0n) is 16.7. The largest absolute Gasteiger partial charge is 0.356 e. The van der Waals surface area contributed by atoms with Crippen LogP contribution < -0.4 is 10.6 Å². The molecular formula is C23H32N2S. The molecule has 0 aliphatic carbocycles. The fourth-order valence-corrected chi connectivity index (χ4v) is 3.25. The zero-order valence-corrected chi connectivity index (χ0v) is 17.5. The van der Waals surface area contributed by atoms with Crippen molar-refractivity contribution in [2.45, 2.75) is 65.3 Å². The highest BCUT2D eigenvalue weighted by atomic mass is 32.1. The van der Waals surface area contributed by atoms with Crippen molar-refractivity contribution < 1.29 is 0 Å². The van der Waals surface area contributed by atoms with Gasteiger partial charge in [-0.3, -0.25) is 0 Å². The maximum atomic E-state index is 5.53. The summed E-state index contributed by atoms with van der Waals surface area (Å²) in [6.45, 7) is 11.1. The van der Waals surface area contributed by atoms with E-state index in [0.717, 1.165) is 12.1 Å². The third-order valence-electron chi connectivity index (χ3n) is 5.07. The minimum Gasteiger partial charge on any atom is -0.356 e. The predicted octanol–water partition coefficient (Wildman–Crippen LogP) is 6.76. The average molecular weight is 369 g/mol. The van der Waals surface area contributed by atoms with Crippen LogP contribution in [0, 0.1) is 0 Å². The molecule has 2 unspecified atom stereocenters. The molecule has 3 heteroatoms. The number of hydrogen-bond donors (Lipinski definition) is 2. The lowest BCUT2D eigenvalue weighted by Crippen LogP contribution is -2.32. The van der Waals surface area contributed by atoms with Crippen molar-refractivity contribution in [3.8, 4) is 0 Å². The first kappa shape index (κ1) is 20.4. The van der Waals surface area contributed by atoms with E-state index in [4.69, 9.17) is 12.2 Å². The van der Waals surface area contributed by atoms with Crippen molar-refractivity contribution in [2.75, 3.05) is 5.32 Å². The van der Waals surface area contributed by atoms with Gasteiger partial charge in [0.2, 0.25) is 0 Å². The van der Waals surface area contributed by atoms with Gasteiger partial charge in [-0.2, -0.15) is 0 Å². The highest BCUT2D eigenvalue weighted by Gasteiger charge is 2.12. The van der Waals surface area contributed by atoms with Crippen molar-refractivity contribution >= 4 is 23.0 Å². The normalized spacial score (nSPS) is 13.3. The molecule has 0 bridgehead atoms. The van der Waals surface area contributed by atoms with Crippen LogP contribution in [-0.4, -0.2) is 5.11 Å². The molecule has 2 atom stereocenters. The molecule has 0 aromatic heterocycles. The Kier molecular flexibility index (Phi) is 7.65. The van der Waals surface area contributed by atoms with Crippen molar-refractivity contribution in [2.24, 2.45) is 0 Å². The summed E-state index contributed by atoms with van der Waals surface area (Å²) in [6, 6.07) is 17.6. The van der Waals surface area contributed by atoms with Gasteiger partial charge in [0.05, 0.1) is 6.04 Å². The number of rotatable bonds is 7. The topological polar surface area (TPSA) is 24.1 Å². The molecule has 0 saturated heterocycles. The van der Waals surface area contributed by atoms with Crippen LogP contribution in [0.5, 0.6) is 0 Å². The van der Waals surface area contributed by atoms with E-state index >= 15 is 0 Å². The van der Waals surface area contributed by atoms with Crippen LogP contribution in [-0.2, 0) is 0 Å². The maximum Gasteiger partial charge on any atom is 0.171 e. The number of thiocarbonyl (C=S) groups is 1. The Bertz CT molecular complexity index is 689. The van der Waals surface area contributed by atoms with Gasteiger partial charge in [-0.1, -0.05) is 71.0 Å². The molecule has 140 valence electrons. The molecule has 0 amide bonds. The second kappa shape index (κ2) is 9.72. The molecule has 0 fully saturated rings. The summed E-state index contributed by atoms with van der Waals surface area (Å²) in [7, 11) is 0. The van der Waals surface area contributed by atoms with Gasteiger partial charge in [0.1, 0.15) is 0 Å². The molecule has 0 spiro atoms. The van der Waals surface area contributed by atoms with E-state index in [0.29, 0.717) is 16.9 Å². The van der Waals surface area contributed by atoms with E-state index in [1.54, 1.807) is 0 Å². The second-order valence-corrected chi connectivity index (χ2v) is 7.72. The van der Waals surface area contributed by atoms with Crippen LogP contribution in [0.4, 0.5) is 5.69 Å². The highest BCUT2D eigenvalue weighted by Crippen LogP contribution is 2.23. The maximum absolute atomic E-state index is 5.53. The first-order valence-corrected chi connectivity index (χ1v) is 10.1. The molecule has 26 heavy (non-hydrogen) atoms. The lowest BCUT2D eigenvalue weighted by Gasteiger charge is -2.21. The molecule has 2 aromatic carbocycles. The van der Waals surface area contributed by atoms with Gasteiger partial charge in [-0.05, 0) is 65.7 Å². The number of benzene rings is 2. The van der Waals surface area contributed by atoms with Gasteiger partial charge in [-0.15, -0.1) is 0 Å². The summed E-state index contributed by atoms with van der Waals surface area (Å²) >= 11 is 5.53. The average Bonchev–Trinajstić information content (AvgIpc) is 2.66. The van der Waals surface area contributed by atoms with Gasteiger partial charge < -0.3 is 10.6 Å². The van der Waals surface area contributed by atoms with Gasteiger partial charge in [0, 0.05) is 5.69 Å². The van der Waals surface area contributed by atoms with Crippen LogP contribution in [0.2, 0.25) is 0 Å². The molecule has 2 aromatic rings. The lowest BCUT2D eigenvalue weighted by atomic mass is 9.95. The molecule has 2 N–H and O–H groups in total. The zero-order chi connectivity index (χ0) is 19.1. The molecule has 0 radical (unpaired) electrons. The van der Waals surface area contributed by atoms with Crippen LogP contribution in [0.15, 0.2) is 48.5 Å². The van der Waals surface area contributed by atoms with E-state index < -0.39 is 0 Å². The monoisotopic (exact) mass is 368 g/mol. The van der Waals surface area contributed by atoms with Gasteiger partial charge in [0.25, 0.3) is 0 Å². The number of nitrogens with one attached hydrogen (secondary N) is 2. The quantitative estimate of drug-likeness (QED) is 0.528. The first-order valence-electron chi connectivity index (χ1n) is 9.71. The van der Waals surface area contributed by atoms with Crippen LogP contribution in [0.3, 0.4) is 0 Å². The third kappa shape index (κ3) is 5.57. The minimum absolute atomic E-state index is 0.218. The van der Waals surface area contributed by atoms with Crippen LogP contribution >= 0.6 is 12.2 Å². The van der Waals surface area contributed by atoms with Crippen molar-refractivity contribution in [1.29, 1.82) is 0 Å². The Morgan fingerprint density at radius 3 is 1.85 bits per heavy atom. The van der Waals surface area contributed by atoms with E-state index in [2.05, 4.69) is 93.8 Å². The van der Waals surface area contributed by atoms with E-state index in [1.807, 2.05) is 0 Å². The van der Waals surface area contributed by atoms with Crippen LogP contribution in [0.25, 0.3) is 0 Å². The van der Waals surface area contributed by atoms with Gasteiger partial charge >= 0.3 is 0 Å². The van der Waals surface area contributed by atoms with E-state index in [1.165, 1.54) is 23.1 Å². The van der Waals surface area contributed by atoms with Crippen LogP contribution in [0.1, 0.15) is 82.0 Å². The van der Waals surface area contributed by atoms with Crippen molar-refractivity contribution in [3.05, 3.63) is 65.2 Å². The minimum atomic E-state index is 0.218. The summed E-state index contributed by atoms with van der Waals surface area (Å²) in [5, 5.41) is 7.42. The molecule has 0 saturated carbocycles. The summed E-state index contributed by atoms with van der Waals surface area (Å²) in [6.07, 6.45) is 2.15. The Balaban J connectivity index is 1.99. The third-order valence-corrected chi connectivity index (χ3v) is 5.29. The van der Waals surface area contributed by atoms with Crippen molar-refractivity contribution in [1.82, 2.24) is 5.32 Å². The number of anilines is 1. The van der Waals surface area contributed by atoms with Gasteiger partial charge in [-0.25, -0.2) is 0 Å². The molecular weight excluding hydrogens is 336 g/mol. The Morgan fingerprint density at radius 2 is 1.35 bits per heavy atom. The van der Waals surface area contributed by atoms with E-state index in [-0.39, 0.29) is 6.04 Å². The molecule has 0 aliphatic rings. The molecule has 0 heterocycles. The number of hydrogen-bond acceptors (Lipinski definition) is 1. The fourth-order valence-electron chi connectivity index (χ4n) is 2.99. The smallest absolute Gasteiger partial charge is 0.171 e. The molecule has 2 rings (SSSR count). The summed E-state index contributed by atoms with van der Waals surface area (Å²) < 4.78 is 0. The molecule has 0 aliphatic heterocycles. The Hall–Kier alpha value is -1.87. The summed E-state index contributed by atoms with van der Waals surface area (Å²) in [5.41, 5.74) is 5.03.